The smallest absolute Gasteiger partial charge is 0.388 e. The maximum absolute atomic E-state index is 13.1. The van der Waals surface area contributed by atoms with Crippen molar-refractivity contribution in [3.05, 3.63) is 35.4 Å². The normalized spacial score (nSPS) is 14.8. The summed E-state index contributed by atoms with van der Waals surface area (Å²) in [6, 6.07) is -0.120. The lowest BCUT2D eigenvalue weighted by Crippen LogP contribution is -2.38. The lowest BCUT2D eigenvalue weighted by molar-refractivity contribution is -0.154. The highest BCUT2D eigenvalue weighted by atomic mass is 35.5. The largest absolute Gasteiger partial charge is 0.403 e. The number of aliphatic hydroxyl groups excluding tert-OH is 1. The third-order valence-corrected chi connectivity index (χ3v) is 2.21. The molecule has 2 nitrogen and oxygen atoms in total. The third kappa shape index (κ3) is 4.40. The summed E-state index contributed by atoms with van der Waals surface area (Å²) in [4.78, 5) is 0. The van der Waals surface area contributed by atoms with Crippen molar-refractivity contribution >= 4 is 12.4 Å². The summed E-state index contributed by atoms with van der Waals surface area (Å²) < 4.78 is 62.2. The van der Waals surface area contributed by atoms with Crippen molar-refractivity contribution in [2.24, 2.45) is 5.73 Å². The van der Waals surface area contributed by atoms with Crippen LogP contribution in [0, 0.1) is 11.6 Å². The Balaban J connectivity index is 0.00000289. The third-order valence-electron chi connectivity index (χ3n) is 2.21. The maximum atomic E-state index is 13.1. The number of aliphatic hydroxyl groups is 1. The molecule has 104 valence electrons. The topological polar surface area (TPSA) is 46.2 Å². The van der Waals surface area contributed by atoms with E-state index in [-0.39, 0.29) is 12.4 Å². The molecule has 0 amide bonds. The Morgan fingerprint density at radius 1 is 1.22 bits per heavy atom. The van der Waals surface area contributed by atoms with Gasteiger partial charge in [-0.3, -0.25) is 0 Å². The van der Waals surface area contributed by atoms with Crippen molar-refractivity contribution in [2.45, 2.75) is 24.7 Å². The molecule has 0 saturated carbocycles. The SMILES string of the molecule is Cl.N[C@H](C[C@@H](O)c1cc(F)ccc1F)C(F)(F)F. The molecule has 1 aromatic rings. The highest BCUT2D eigenvalue weighted by Gasteiger charge is 2.38. The fourth-order valence-electron chi connectivity index (χ4n) is 1.27. The first-order chi connectivity index (χ1) is 7.71. The lowest BCUT2D eigenvalue weighted by atomic mass is 10.0. The summed E-state index contributed by atoms with van der Waals surface area (Å²) in [6.45, 7) is 0. The van der Waals surface area contributed by atoms with Crippen LogP contribution < -0.4 is 5.73 Å². The lowest BCUT2D eigenvalue weighted by Gasteiger charge is -2.19. The fraction of sp³-hybridized carbons (Fsp3) is 0.400. The van der Waals surface area contributed by atoms with Gasteiger partial charge in [0.15, 0.2) is 0 Å². The van der Waals surface area contributed by atoms with E-state index < -0.39 is 41.9 Å². The molecule has 0 aliphatic heterocycles. The Labute approximate surface area is 106 Å². The van der Waals surface area contributed by atoms with Gasteiger partial charge in [0.05, 0.1) is 6.10 Å². The van der Waals surface area contributed by atoms with Crippen molar-refractivity contribution < 1.29 is 27.1 Å². The maximum Gasteiger partial charge on any atom is 0.403 e. The molecule has 0 aromatic heterocycles. The summed E-state index contributed by atoms with van der Waals surface area (Å²) in [5.74, 6) is -1.82. The molecule has 0 aliphatic carbocycles. The van der Waals surface area contributed by atoms with E-state index in [4.69, 9.17) is 5.73 Å². The van der Waals surface area contributed by atoms with Gasteiger partial charge in [0.25, 0.3) is 0 Å². The van der Waals surface area contributed by atoms with Gasteiger partial charge in [0.2, 0.25) is 0 Å². The van der Waals surface area contributed by atoms with Crippen LogP contribution in [0.25, 0.3) is 0 Å². The van der Waals surface area contributed by atoms with Gasteiger partial charge in [-0.15, -0.1) is 12.4 Å². The molecule has 0 bridgehead atoms. The number of hydrogen-bond acceptors (Lipinski definition) is 2. The van der Waals surface area contributed by atoms with E-state index in [1.807, 2.05) is 0 Å². The molecule has 0 fully saturated rings. The first kappa shape index (κ1) is 17.1. The molecule has 0 spiro atoms. The average Bonchev–Trinajstić information content (AvgIpc) is 2.20. The molecule has 2 atom stereocenters. The predicted molar refractivity (Wildman–Crippen MR) is 57.2 cm³/mol. The van der Waals surface area contributed by atoms with Gasteiger partial charge in [-0.25, -0.2) is 8.78 Å². The van der Waals surface area contributed by atoms with E-state index in [0.29, 0.717) is 6.07 Å². The van der Waals surface area contributed by atoms with E-state index >= 15 is 0 Å². The quantitative estimate of drug-likeness (QED) is 0.841. The summed E-state index contributed by atoms with van der Waals surface area (Å²) in [7, 11) is 0. The van der Waals surface area contributed by atoms with Gasteiger partial charge >= 0.3 is 6.18 Å². The molecule has 0 saturated heterocycles. The van der Waals surface area contributed by atoms with Gasteiger partial charge < -0.3 is 10.8 Å². The minimum Gasteiger partial charge on any atom is -0.388 e. The molecule has 3 N–H and O–H groups in total. The van der Waals surface area contributed by atoms with E-state index in [0.717, 1.165) is 12.1 Å². The zero-order chi connectivity index (χ0) is 13.2. The van der Waals surface area contributed by atoms with Gasteiger partial charge in [0, 0.05) is 12.0 Å². The Kier molecular flexibility index (Phi) is 5.98. The highest BCUT2D eigenvalue weighted by molar-refractivity contribution is 5.85. The number of hydrogen-bond donors (Lipinski definition) is 2. The molecular weight excluding hydrogens is 281 g/mol. The number of nitrogens with two attached hydrogens (primary N) is 1. The molecule has 8 heteroatoms. The molecule has 1 aromatic carbocycles. The van der Waals surface area contributed by atoms with Crippen molar-refractivity contribution in [1.29, 1.82) is 0 Å². The van der Waals surface area contributed by atoms with Crippen molar-refractivity contribution in [1.82, 2.24) is 0 Å². The minimum atomic E-state index is -4.69. The predicted octanol–water partition coefficient (Wildman–Crippen LogP) is 2.70. The molecule has 0 aliphatic rings. The number of halogens is 6. The van der Waals surface area contributed by atoms with E-state index in [1.165, 1.54) is 0 Å². The second kappa shape index (κ2) is 6.31. The van der Waals surface area contributed by atoms with E-state index in [9.17, 15) is 27.1 Å². The van der Waals surface area contributed by atoms with Crippen LogP contribution in [0.3, 0.4) is 0 Å². The molecule has 18 heavy (non-hydrogen) atoms. The summed E-state index contributed by atoms with van der Waals surface area (Å²) >= 11 is 0. The molecular formula is C10H11ClF5NO. The Morgan fingerprint density at radius 2 is 1.78 bits per heavy atom. The van der Waals surface area contributed by atoms with Crippen molar-refractivity contribution in [3.8, 4) is 0 Å². The van der Waals surface area contributed by atoms with Crippen molar-refractivity contribution in [2.75, 3.05) is 0 Å². The van der Waals surface area contributed by atoms with Crippen molar-refractivity contribution in [3.63, 3.8) is 0 Å². The Hall–Kier alpha value is -0.920. The molecule has 0 radical (unpaired) electrons. The molecule has 1 rings (SSSR count). The van der Waals surface area contributed by atoms with Gasteiger partial charge in [-0.2, -0.15) is 13.2 Å². The van der Waals surface area contributed by atoms with Gasteiger partial charge in [-0.05, 0) is 18.2 Å². The van der Waals surface area contributed by atoms with Gasteiger partial charge in [-0.1, -0.05) is 0 Å². The van der Waals surface area contributed by atoms with Crippen LogP contribution in [0.15, 0.2) is 18.2 Å². The summed E-state index contributed by atoms with van der Waals surface area (Å²) in [5.41, 5.74) is 4.24. The highest BCUT2D eigenvalue weighted by Crippen LogP contribution is 2.28. The van der Waals surface area contributed by atoms with Crippen LogP contribution in [0.2, 0.25) is 0 Å². The first-order valence-corrected chi connectivity index (χ1v) is 4.67. The summed E-state index contributed by atoms with van der Waals surface area (Å²) in [5, 5.41) is 9.37. The number of alkyl halides is 3. The van der Waals surface area contributed by atoms with E-state index in [2.05, 4.69) is 0 Å². The monoisotopic (exact) mass is 291 g/mol. The van der Waals surface area contributed by atoms with Crippen LogP contribution in [-0.4, -0.2) is 17.3 Å². The first-order valence-electron chi connectivity index (χ1n) is 4.67. The minimum absolute atomic E-state index is 0. The fourth-order valence-corrected chi connectivity index (χ4v) is 1.27. The second-order valence-corrected chi connectivity index (χ2v) is 3.57. The molecule has 0 heterocycles. The number of benzene rings is 1. The van der Waals surface area contributed by atoms with E-state index in [1.54, 1.807) is 0 Å². The van der Waals surface area contributed by atoms with Crippen LogP contribution >= 0.6 is 12.4 Å². The Bertz CT molecular complexity index is 398. The van der Waals surface area contributed by atoms with Gasteiger partial charge in [0.1, 0.15) is 17.7 Å². The zero-order valence-corrected chi connectivity index (χ0v) is 9.73. The Morgan fingerprint density at radius 3 is 2.28 bits per heavy atom. The second-order valence-electron chi connectivity index (χ2n) is 3.57. The van der Waals surface area contributed by atoms with Crippen LogP contribution in [0.1, 0.15) is 18.1 Å². The van der Waals surface area contributed by atoms with Crippen LogP contribution in [0.4, 0.5) is 22.0 Å². The average molecular weight is 292 g/mol. The van der Waals surface area contributed by atoms with Crippen LogP contribution in [-0.2, 0) is 0 Å². The zero-order valence-electron chi connectivity index (χ0n) is 8.92. The number of rotatable bonds is 3. The summed E-state index contributed by atoms with van der Waals surface area (Å²) in [6.07, 6.45) is -7.42. The van der Waals surface area contributed by atoms with Crippen LogP contribution in [0.5, 0.6) is 0 Å². The molecule has 0 unspecified atom stereocenters. The standard InChI is InChI=1S/C10H10F5NO.ClH/c11-5-1-2-7(12)6(3-5)8(17)4-9(16)10(13,14)15;/h1-3,8-9,17H,4,16H2;1H/t8-,9-;/m1./s1.